The number of methoxy groups -OCH3 is 2. The van der Waals surface area contributed by atoms with Gasteiger partial charge in [0.15, 0.2) is 12.3 Å². The van der Waals surface area contributed by atoms with Crippen molar-refractivity contribution in [3.63, 3.8) is 0 Å². The number of fused-ring (bicyclic) bond motifs is 1. The fourth-order valence-corrected chi connectivity index (χ4v) is 3.28. The average Bonchev–Trinajstić information content (AvgIpc) is 2.97. The van der Waals surface area contributed by atoms with Crippen LogP contribution in [0.5, 0.6) is 0 Å². The summed E-state index contributed by atoms with van der Waals surface area (Å²) < 4.78 is 15.4. The molecule has 2 aliphatic rings. The third-order valence-electron chi connectivity index (χ3n) is 4.63. The highest BCUT2D eigenvalue weighted by Crippen LogP contribution is 2.39. The molecule has 2 heterocycles. The minimum absolute atomic E-state index is 0.174. The average molecular weight is 359 g/mol. The Morgan fingerprint density at radius 1 is 1.19 bits per heavy atom. The Labute approximate surface area is 151 Å². The van der Waals surface area contributed by atoms with Crippen LogP contribution in [-0.4, -0.2) is 49.2 Å². The number of β-lactam (4-membered cyclic amide) rings is 1. The second-order valence-electron chi connectivity index (χ2n) is 6.18. The van der Waals surface area contributed by atoms with Gasteiger partial charge in [-0.25, -0.2) is 9.59 Å². The topological polar surface area (TPSA) is 82.1 Å². The Morgan fingerprint density at radius 3 is 2.54 bits per heavy atom. The number of carbonyl (C=O) groups is 3. The van der Waals surface area contributed by atoms with Gasteiger partial charge in [0.1, 0.15) is 5.76 Å². The number of ether oxygens (including phenoxy) is 3. The second-order valence-corrected chi connectivity index (χ2v) is 6.18. The number of benzene rings is 1. The Balaban J connectivity index is 1.83. The maximum absolute atomic E-state index is 12.3. The summed E-state index contributed by atoms with van der Waals surface area (Å²) in [6.07, 6.45) is 1.49. The molecule has 1 unspecified atom stereocenters. The van der Waals surface area contributed by atoms with Crippen molar-refractivity contribution in [2.45, 2.75) is 38.0 Å². The van der Waals surface area contributed by atoms with E-state index in [9.17, 15) is 14.4 Å². The smallest absolute Gasteiger partial charge is 0.337 e. The van der Waals surface area contributed by atoms with Crippen molar-refractivity contribution in [2.75, 3.05) is 14.2 Å². The Bertz CT molecular complexity index is 742. The molecular formula is C19H21NO6. The van der Waals surface area contributed by atoms with Crippen LogP contribution >= 0.6 is 0 Å². The fraction of sp³-hybridized carbons (Fsp3) is 0.421. The van der Waals surface area contributed by atoms with Crippen LogP contribution in [0, 0.1) is 0 Å². The number of esters is 2. The van der Waals surface area contributed by atoms with Gasteiger partial charge in [0.2, 0.25) is 5.91 Å². The summed E-state index contributed by atoms with van der Waals surface area (Å²) in [5, 5.41) is 0. The standard InChI is InChI=1S/C19H21NO6/c1-24-18(22)13(10-6-9-12-7-4-3-5-8-12)17-16(19(23)25-2)20-14(21)11-15(20)26-17/h3-5,7-8,15-16H,6,9-11H2,1-2H3/b17-13+/t15-,16?/m1/s1. The van der Waals surface area contributed by atoms with E-state index in [1.54, 1.807) is 0 Å². The highest BCUT2D eigenvalue weighted by atomic mass is 16.6. The first-order valence-electron chi connectivity index (χ1n) is 8.47. The molecular weight excluding hydrogens is 338 g/mol. The lowest BCUT2D eigenvalue weighted by molar-refractivity contribution is -0.164. The van der Waals surface area contributed by atoms with Crippen LogP contribution in [0.25, 0.3) is 0 Å². The maximum Gasteiger partial charge on any atom is 0.337 e. The van der Waals surface area contributed by atoms with Crippen LogP contribution in [0.15, 0.2) is 41.7 Å². The van der Waals surface area contributed by atoms with Crippen LogP contribution < -0.4 is 0 Å². The molecule has 2 aliphatic heterocycles. The molecule has 2 atom stereocenters. The quantitative estimate of drug-likeness (QED) is 0.436. The molecule has 0 aliphatic carbocycles. The largest absolute Gasteiger partial charge is 0.471 e. The van der Waals surface area contributed by atoms with Gasteiger partial charge in [0.05, 0.1) is 26.2 Å². The van der Waals surface area contributed by atoms with Crippen LogP contribution in [0.1, 0.15) is 24.8 Å². The van der Waals surface area contributed by atoms with Crippen molar-refractivity contribution in [1.82, 2.24) is 4.90 Å². The third kappa shape index (κ3) is 3.29. The number of aryl methyl sites for hydroxylation is 1. The van der Waals surface area contributed by atoms with Gasteiger partial charge in [-0.1, -0.05) is 30.3 Å². The molecule has 0 N–H and O–H groups in total. The summed E-state index contributed by atoms with van der Waals surface area (Å²) in [7, 11) is 2.52. The van der Waals surface area contributed by atoms with Crippen LogP contribution in [0.3, 0.4) is 0 Å². The van der Waals surface area contributed by atoms with E-state index >= 15 is 0 Å². The van der Waals surface area contributed by atoms with E-state index < -0.39 is 24.2 Å². The molecule has 3 rings (SSSR count). The molecule has 1 aromatic rings. The number of nitrogens with zero attached hydrogens (tertiary/aromatic N) is 1. The van der Waals surface area contributed by atoms with E-state index in [2.05, 4.69) is 0 Å². The summed E-state index contributed by atoms with van der Waals surface area (Å²) in [5.74, 6) is -1.21. The molecule has 0 bridgehead atoms. The molecule has 1 amide bonds. The van der Waals surface area contributed by atoms with Crippen LogP contribution in [0.2, 0.25) is 0 Å². The Hall–Kier alpha value is -2.83. The number of rotatable bonds is 6. The molecule has 0 radical (unpaired) electrons. The van der Waals surface area contributed by atoms with Crippen molar-refractivity contribution in [3.8, 4) is 0 Å². The molecule has 7 nitrogen and oxygen atoms in total. The lowest BCUT2D eigenvalue weighted by Crippen LogP contribution is -2.55. The predicted octanol–water partition coefficient (Wildman–Crippen LogP) is 1.57. The third-order valence-corrected chi connectivity index (χ3v) is 4.63. The molecule has 0 aromatic heterocycles. The lowest BCUT2D eigenvalue weighted by atomic mass is 10.00. The lowest BCUT2D eigenvalue weighted by Gasteiger charge is -2.33. The normalized spacial score (nSPS) is 22.8. The molecule has 0 saturated carbocycles. The highest BCUT2D eigenvalue weighted by Gasteiger charge is 2.55. The van der Waals surface area contributed by atoms with E-state index in [-0.39, 0.29) is 23.7 Å². The zero-order valence-corrected chi connectivity index (χ0v) is 14.8. The van der Waals surface area contributed by atoms with Gasteiger partial charge in [-0.05, 0) is 24.8 Å². The minimum Gasteiger partial charge on any atom is -0.471 e. The molecule has 2 fully saturated rings. The molecule has 7 heteroatoms. The van der Waals surface area contributed by atoms with E-state index in [1.165, 1.54) is 19.1 Å². The first-order valence-corrected chi connectivity index (χ1v) is 8.47. The second kappa shape index (κ2) is 7.59. The van der Waals surface area contributed by atoms with Gasteiger partial charge >= 0.3 is 11.9 Å². The Kier molecular flexibility index (Phi) is 5.25. The van der Waals surface area contributed by atoms with Crippen LogP contribution in [-0.2, 0) is 35.0 Å². The fourth-order valence-electron chi connectivity index (χ4n) is 3.28. The SMILES string of the molecule is COC(=O)/C(CCCc1ccccc1)=C1/O[C@@H]2CC(=O)N2C1C(=O)OC. The van der Waals surface area contributed by atoms with Crippen molar-refractivity contribution in [3.05, 3.63) is 47.2 Å². The van der Waals surface area contributed by atoms with Crippen LogP contribution in [0.4, 0.5) is 0 Å². The van der Waals surface area contributed by atoms with E-state index in [0.717, 1.165) is 12.0 Å². The number of amides is 1. The summed E-state index contributed by atoms with van der Waals surface area (Å²) >= 11 is 0. The number of hydrogen-bond donors (Lipinski definition) is 0. The van der Waals surface area contributed by atoms with Gasteiger partial charge in [-0.15, -0.1) is 0 Å². The van der Waals surface area contributed by atoms with E-state index in [0.29, 0.717) is 12.8 Å². The molecule has 138 valence electrons. The Morgan fingerprint density at radius 2 is 1.92 bits per heavy atom. The van der Waals surface area contributed by atoms with Crippen molar-refractivity contribution in [2.24, 2.45) is 0 Å². The van der Waals surface area contributed by atoms with Crippen molar-refractivity contribution in [1.29, 1.82) is 0 Å². The summed E-state index contributed by atoms with van der Waals surface area (Å²) in [5.41, 5.74) is 1.43. The molecule has 26 heavy (non-hydrogen) atoms. The van der Waals surface area contributed by atoms with Gasteiger partial charge in [-0.3, -0.25) is 9.69 Å². The van der Waals surface area contributed by atoms with Crippen molar-refractivity contribution < 1.29 is 28.6 Å². The van der Waals surface area contributed by atoms with Gasteiger partial charge in [0, 0.05) is 0 Å². The predicted molar refractivity (Wildman–Crippen MR) is 90.6 cm³/mol. The molecule has 1 aromatic carbocycles. The van der Waals surface area contributed by atoms with Crippen molar-refractivity contribution >= 4 is 17.8 Å². The summed E-state index contributed by atoms with van der Waals surface area (Å²) in [6.45, 7) is 0. The van der Waals surface area contributed by atoms with Gasteiger partial charge in [0.25, 0.3) is 0 Å². The van der Waals surface area contributed by atoms with Gasteiger partial charge in [-0.2, -0.15) is 0 Å². The molecule has 0 spiro atoms. The first kappa shape index (κ1) is 18.0. The molecule has 2 saturated heterocycles. The number of hydrogen-bond acceptors (Lipinski definition) is 6. The zero-order chi connectivity index (χ0) is 18.7. The number of carbonyl (C=O) groups excluding carboxylic acids is 3. The summed E-state index contributed by atoms with van der Waals surface area (Å²) in [6, 6.07) is 8.87. The summed E-state index contributed by atoms with van der Waals surface area (Å²) in [4.78, 5) is 37.7. The highest BCUT2D eigenvalue weighted by molar-refractivity contribution is 5.95. The zero-order valence-electron chi connectivity index (χ0n) is 14.8. The monoisotopic (exact) mass is 359 g/mol. The minimum atomic E-state index is -1.02. The van der Waals surface area contributed by atoms with E-state index in [1.807, 2.05) is 30.3 Å². The van der Waals surface area contributed by atoms with Gasteiger partial charge < -0.3 is 14.2 Å². The first-order chi connectivity index (χ1) is 12.6. The van der Waals surface area contributed by atoms with E-state index in [4.69, 9.17) is 14.2 Å². The maximum atomic E-state index is 12.3.